The molecule has 5 heteroatoms. The van der Waals surface area contributed by atoms with Crippen LogP contribution in [0.3, 0.4) is 0 Å². The Balaban J connectivity index is 2.07. The number of nitrogens with zero attached hydrogens (tertiary/aromatic N) is 1. The maximum Gasteiger partial charge on any atom is 0.0540 e. The molecule has 1 atom stereocenters. The lowest BCUT2D eigenvalue weighted by Gasteiger charge is -2.18. The lowest BCUT2D eigenvalue weighted by Crippen LogP contribution is -2.15. The van der Waals surface area contributed by atoms with Crippen molar-refractivity contribution in [1.82, 2.24) is 10.2 Å². The molecule has 0 aliphatic carbocycles. The Kier molecular flexibility index (Phi) is 4.83. The molecule has 0 aliphatic heterocycles. The maximum absolute atomic E-state index is 11.3. The monoisotopic (exact) mass is 305 g/mol. The number of benzene rings is 1. The van der Waals surface area contributed by atoms with Gasteiger partial charge in [0.1, 0.15) is 0 Å². The third kappa shape index (κ3) is 4.43. The summed E-state index contributed by atoms with van der Waals surface area (Å²) in [6.45, 7) is 7.23. The first kappa shape index (κ1) is 15.8. The van der Waals surface area contributed by atoms with Gasteiger partial charge in [0.05, 0.1) is 6.20 Å². The largest absolute Gasteiger partial charge is 0.381 e. The summed E-state index contributed by atoms with van der Waals surface area (Å²) < 4.78 is 11.3. The summed E-state index contributed by atoms with van der Waals surface area (Å²) >= 11 is 0. The van der Waals surface area contributed by atoms with Gasteiger partial charge in [0.25, 0.3) is 0 Å². The molecule has 2 aromatic rings. The molecule has 0 bridgehead atoms. The molecular weight excluding hydrogens is 282 g/mol. The summed E-state index contributed by atoms with van der Waals surface area (Å²) in [4.78, 5) is 0. The standard InChI is InChI=1S/C16H23N3OS/c1-16(2,3)15-13(10-18-19-15)9-17-14-7-5-6-12(8-14)11-21(4)20/h5-8,10,17H,9,11H2,1-4H3,(H,18,19). The van der Waals surface area contributed by atoms with Crippen LogP contribution in [0.5, 0.6) is 0 Å². The third-order valence-corrected chi connectivity index (χ3v) is 3.99. The van der Waals surface area contributed by atoms with E-state index in [1.54, 1.807) is 6.26 Å². The topological polar surface area (TPSA) is 57.8 Å². The van der Waals surface area contributed by atoms with Crippen molar-refractivity contribution in [2.24, 2.45) is 0 Å². The second-order valence-corrected chi connectivity index (χ2v) is 7.73. The number of hydrogen-bond donors (Lipinski definition) is 2. The van der Waals surface area contributed by atoms with E-state index < -0.39 is 10.8 Å². The Morgan fingerprint density at radius 2 is 2.10 bits per heavy atom. The molecule has 0 saturated carbocycles. The summed E-state index contributed by atoms with van der Waals surface area (Å²) in [5.41, 5.74) is 4.50. The zero-order valence-corrected chi connectivity index (χ0v) is 13.9. The van der Waals surface area contributed by atoms with Gasteiger partial charge in [0.2, 0.25) is 0 Å². The third-order valence-electron chi connectivity index (χ3n) is 3.25. The minimum absolute atomic E-state index is 0.0501. The molecule has 1 aromatic carbocycles. The predicted molar refractivity (Wildman–Crippen MR) is 88.8 cm³/mol. The number of hydrogen-bond acceptors (Lipinski definition) is 3. The Morgan fingerprint density at radius 1 is 1.33 bits per heavy atom. The van der Waals surface area contributed by atoms with Gasteiger partial charge >= 0.3 is 0 Å². The summed E-state index contributed by atoms with van der Waals surface area (Å²) in [6, 6.07) is 8.08. The fraction of sp³-hybridized carbons (Fsp3) is 0.438. The first-order chi connectivity index (χ1) is 9.86. The molecule has 0 spiro atoms. The van der Waals surface area contributed by atoms with Crippen molar-refractivity contribution in [3.05, 3.63) is 47.3 Å². The van der Waals surface area contributed by atoms with Gasteiger partial charge in [-0.3, -0.25) is 9.31 Å². The number of aromatic nitrogens is 2. The van der Waals surface area contributed by atoms with Crippen LogP contribution in [0.25, 0.3) is 0 Å². The zero-order valence-electron chi connectivity index (χ0n) is 13.1. The number of H-pyrrole nitrogens is 1. The van der Waals surface area contributed by atoms with Crippen LogP contribution in [-0.4, -0.2) is 20.7 Å². The predicted octanol–water partition coefficient (Wildman–Crippen LogP) is 3.20. The van der Waals surface area contributed by atoms with E-state index >= 15 is 0 Å². The maximum atomic E-state index is 11.3. The average Bonchev–Trinajstić information content (AvgIpc) is 2.84. The molecule has 2 N–H and O–H groups in total. The second-order valence-electron chi connectivity index (χ2n) is 6.29. The fourth-order valence-electron chi connectivity index (χ4n) is 2.30. The first-order valence-corrected chi connectivity index (χ1v) is 8.74. The van der Waals surface area contributed by atoms with Crippen LogP contribution >= 0.6 is 0 Å². The lowest BCUT2D eigenvalue weighted by atomic mass is 9.89. The number of anilines is 1. The van der Waals surface area contributed by atoms with E-state index in [4.69, 9.17) is 0 Å². The van der Waals surface area contributed by atoms with Crippen LogP contribution in [0.2, 0.25) is 0 Å². The molecule has 0 aliphatic rings. The Morgan fingerprint density at radius 3 is 2.76 bits per heavy atom. The van der Waals surface area contributed by atoms with Gasteiger partial charge < -0.3 is 5.32 Å². The van der Waals surface area contributed by atoms with Gasteiger partial charge in [0.15, 0.2) is 0 Å². The quantitative estimate of drug-likeness (QED) is 0.892. The van der Waals surface area contributed by atoms with Crippen molar-refractivity contribution in [2.75, 3.05) is 11.6 Å². The van der Waals surface area contributed by atoms with Crippen molar-refractivity contribution in [3.8, 4) is 0 Å². The highest BCUT2D eigenvalue weighted by Gasteiger charge is 2.19. The normalized spacial score (nSPS) is 13.1. The van der Waals surface area contributed by atoms with Crippen LogP contribution in [0.4, 0.5) is 5.69 Å². The molecule has 0 radical (unpaired) electrons. The van der Waals surface area contributed by atoms with Gasteiger partial charge in [0, 0.05) is 51.7 Å². The van der Waals surface area contributed by atoms with Crippen LogP contribution in [-0.2, 0) is 28.5 Å². The van der Waals surface area contributed by atoms with Gasteiger partial charge in [-0.05, 0) is 17.7 Å². The molecule has 0 amide bonds. The van der Waals surface area contributed by atoms with E-state index in [9.17, 15) is 4.21 Å². The van der Waals surface area contributed by atoms with E-state index in [-0.39, 0.29) is 5.41 Å². The van der Waals surface area contributed by atoms with E-state index in [0.29, 0.717) is 5.75 Å². The molecule has 2 rings (SSSR count). The highest BCUT2D eigenvalue weighted by atomic mass is 32.2. The van der Waals surface area contributed by atoms with Gasteiger partial charge in [-0.25, -0.2) is 0 Å². The molecule has 4 nitrogen and oxygen atoms in total. The van der Waals surface area contributed by atoms with Crippen LogP contribution in [0, 0.1) is 0 Å². The van der Waals surface area contributed by atoms with Crippen molar-refractivity contribution < 1.29 is 4.21 Å². The van der Waals surface area contributed by atoms with E-state index in [2.05, 4.69) is 42.4 Å². The molecule has 1 unspecified atom stereocenters. The zero-order chi connectivity index (χ0) is 15.5. The molecule has 21 heavy (non-hydrogen) atoms. The van der Waals surface area contributed by atoms with Gasteiger partial charge in [-0.1, -0.05) is 32.9 Å². The molecular formula is C16H23N3OS. The van der Waals surface area contributed by atoms with E-state index in [1.807, 2.05) is 24.4 Å². The van der Waals surface area contributed by atoms with Gasteiger partial charge in [-0.2, -0.15) is 5.10 Å². The Hall–Kier alpha value is -1.62. The summed E-state index contributed by atoms with van der Waals surface area (Å²) in [6.07, 6.45) is 3.60. The van der Waals surface area contributed by atoms with Crippen molar-refractivity contribution in [2.45, 2.75) is 38.5 Å². The van der Waals surface area contributed by atoms with Crippen LogP contribution < -0.4 is 5.32 Å². The van der Waals surface area contributed by atoms with E-state index in [1.165, 1.54) is 5.56 Å². The smallest absolute Gasteiger partial charge is 0.0540 e. The van der Waals surface area contributed by atoms with Gasteiger partial charge in [-0.15, -0.1) is 0 Å². The van der Waals surface area contributed by atoms with Crippen molar-refractivity contribution in [3.63, 3.8) is 0 Å². The van der Waals surface area contributed by atoms with Crippen molar-refractivity contribution in [1.29, 1.82) is 0 Å². The first-order valence-electron chi connectivity index (χ1n) is 7.02. The molecule has 0 fully saturated rings. The number of aromatic amines is 1. The summed E-state index contributed by atoms with van der Waals surface area (Å²) in [7, 11) is -0.817. The minimum atomic E-state index is -0.817. The van der Waals surface area contributed by atoms with Crippen LogP contribution in [0.15, 0.2) is 30.5 Å². The average molecular weight is 305 g/mol. The second kappa shape index (κ2) is 6.43. The summed E-state index contributed by atoms with van der Waals surface area (Å²) in [5, 5.41) is 10.7. The molecule has 0 saturated heterocycles. The molecule has 1 aromatic heterocycles. The lowest BCUT2D eigenvalue weighted by molar-refractivity contribution is 0.561. The Labute approximate surface area is 128 Å². The Bertz CT molecular complexity index is 628. The summed E-state index contributed by atoms with van der Waals surface area (Å²) in [5.74, 6) is 0.592. The van der Waals surface area contributed by atoms with Crippen molar-refractivity contribution >= 4 is 16.5 Å². The fourth-order valence-corrected chi connectivity index (χ4v) is 2.95. The van der Waals surface area contributed by atoms with E-state index in [0.717, 1.165) is 23.5 Å². The number of nitrogens with one attached hydrogen (secondary N) is 2. The highest BCUT2D eigenvalue weighted by Crippen LogP contribution is 2.24. The molecule has 114 valence electrons. The SMILES string of the molecule is CS(=O)Cc1cccc(NCc2cn[nH]c2C(C)(C)C)c1. The number of rotatable bonds is 5. The molecule has 1 heterocycles. The highest BCUT2D eigenvalue weighted by molar-refractivity contribution is 7.83. The minimum Gasteiger partial charge on any atom is -0.381 e. The van der Waals surface area contributed by atoms with Crippen LogP contribution in [0.1, 0.15) is 37.6 Å².